The summed E-state index contributed by atoms with van der Waals surface area (Å²) in [5, 5.41) is -0.523. The second kappa shape index (κ2) is 7.46. The predicted octanol–water partition coefficient (Wildman–Crippen LogP) is 2.19. The van der Waals surface area contributed by atoms with Gasteiger partial charge < -0.3 is 14.2 Å². The van der Waals surface area contributed by atoms with E-state index in [-0.39, 0.29) is 19.1 Å². The zero-order valence-electron chi connectivity index (χ0n) is 10.0. The molecular formula is C10H12ClF3N2O3. The summed E-state index contributed by atoms with van der Waals surface area (Å²) < 4.78 is 52.1. The maximum atomic E-state index is 12.4. The van der Waals surface area contributed by atoms with E-state index in [4.69, 9.17) is 25.8 Å². The van der Waals surface area contributed by atoms with Crippen LogP contribution >= 0.6 is 11.6 Å². The van der Waals surface area contributed by atoms with E-state index in [2.05, 4.69) is 9.97 Å². The first kappa shape index (κ1) is 15.9. The number of halogens is 4. The van der Waals surface area contributed by atoms with Crippen LogP contribution in [-0.4, -0.2) is 43.5 Å². The van der Waals surface area contributed by atoms with Crippen molar-refractivity contribution in [3.63, 3.8) is 0 Å². The number of hydrogen-bond donors (Lipinski definition) is 0. The minimum atomic E-state index is -4.60. The first-order chi connectivity index (χ1) is 8.93. The van der Waals surface area contributed by atoms with E-state index in [0.717, 1.165) is 0 Å². The second-order valence-corrected chi connectivity index (χ2v) is 3.65. The van der Waals surface area contributed by atoms with Crippen LogP contribution in [0.15, 0.2) is 6.07 Å². The van der Waals surface area contributed by atoms with Crippen molar-refractivity contribution in [2.45, 2.75) is 6.18 Å². The van der Waals surface area contributed by atoms with Gasteiger partial charge in [-0.1, -0.05) is 0 Å². The highest BCUT2D eigenvalue weighted by atomic mass is 35.5. The summed E-state index contributed by atoms with van der Waals surface area (Å²) in [6, 6.07) is 0.682. The Hall–Kier alpha value is -1.12. The van der Waals surface area contributed by atoms with Crippen molar-refractivity contribution in [3.05, 3.63) is 17.0 Å². The number of methoxy groups -OCH3 is 1. The first-order valence-corrected chi connectivity index (χ1v) is 5.62. The monoisotopic (exact) mass is 300 g/mol. The van der Waals surface area contributed by atoms with Crippen LogP contribution in [0.2, 0.25) is 5.28 Å². The maximum absolute atomic E-state index is 12.4. The fraction of sp³-hybridized carbons (Fsp3) is 0.600. The van der Waals surface area contributed by atoms with Gasteiger partial charge in [0.25, 0.3) is 0 Å². The van der Waals surface area contributed by atoms with Crippen molar-refractivity contribution in [2.75, 3.05) is 33.5 Å². The molecule has 0 atom stereocenters. The van der Waals surface area contributed by atoms with E-state index < -0.39 is 17.2 Å². The topological polar surface area (TPSA) is 53.5 Å². The molecule has 0 saturated heterocycles. The molecule has 0 fully saturated rings. The lowest BCUT2D eigenvalue weighted by Crippen LogP contribution is -2.13. The van der Waals surface area contributed by atoms with E-state index in [1.54, 1.807) is 0 Å². The Bertz CT molecular complexity index is 404. The van der Waals surface area contributed by atoms with Gasteiger partial charge in [-0.25, -0.2) is 4.98 Å². The quantitative estimate of drug-likeness (QED) is 0.571. The Morgan fingerprint density at radius 1 is 1.16 bits per heavy atom. The molecule has 108 valence electrons. The second-order valence-electron chi connectivity index (χ2n) is 3.31. The third-order valence-electron chi connectivity index (χ3n) is 1.88. The molecule has 1 rings (SSSR count). The van der Waals surface area contributed by atoms with Crippen molar-refractivity contribution in [1.29, 1.82) is 0 Å². The summed E-state index contributed by atoms with van der Waals surface area (Å²) in [5.74, 6) is -0.248. The minimum absolute atomic E-state index is 0.0500. The van der Waals surface area contributed by atoms with Gasteiger partial charge in [0, 0.05) is 13.2 Å². The molecule has 0 N–H and O–H groups in total. The molecule has 19 heavy (non-hydrogen) atoms. The molecule has 0 unspecified atom stereocenters. The molecule has 1 aromatic rings. The molecule has 0 aliphatic carbocycles. The third-order valence-corrected chi connectivity index (χ3v) is 2.04. The molecule has 0 bridgehead atoms. The first-order valence-electron chi connectivity index (χ1n) is 5.24. The van der Waals surface area contributed by atoms with Gasteiger partial charge in [0.05, 0.1) is 19.8 Å². The molecule has 9 heteroatoms. The summed E-state index contributed by atoms with van der Waals surface area (Å²) in [5.41, 5.74) is -1.15. The van der Waals surface area contributed by atoms with E-state index in [9.17, 15) is 13.2 Å². The average Bonchev–Trinajstić information content (AvgIpc) is 2.32. The summed E-state index contributed by atoms with van der Waals surface area (Å²) in [4.78, 5) is 6.61. The predicted molar refractivity (Wildman–Crippen MR) is 60.2 cm³/mol. The maximum Gasteiger partial charge on any atom is 0.433 e. The fourth-order valence-electron chi connectivity index (χ4n) is 1.07. The van der Waals surface area contributed by atoms with Gasteiger partial charge in [0.2, 0.25) is 11.2 Å². The summed E-state index contributed by atoms with van der Waals surface area (Å²) in [6.45, 7) is 1.05. The molecule has 5 nitrogen and oxygen atoms in total. The van der Waals surface area contributed by atoms with Gasteiger partial charge in [-0.05, 0) is 11.6 Å². The highest BCUT2D eigenvalue weighted by Gasteiger charge is 2.33. The number of nitrogens with zero attached hydrogens (tertiary/aromatic N) is 2. The highest BCUT2D eigenvalue weighted by molar-refractivity contribution is 6.28. The zero-order chi connectivity index (χ0) is 14.3. The van der Waals surface area contributed by atoms with Gasteiger partial charge >= 0.3 is 6.18 Å². The SMILES string of the molecule is COCCOCCOc1cc(C(F)(F)F)nc(Cl)n1. The molecular weight excluding hydrogens is 289 g/mol. The van der Waals surface area contributed by atoms with Crippen molar-refractivity contribution in [3.8, 4) is 5.88 Å². The molecule has 0 radical (unpaired) electrons. The fourth-order valence-corrected chi connectivity index (χ4v) is 1.24. The molecule has 0 aliphatic rings. The van der Waals surface area contributed by atoms with Crippen LogP contribution < -0.4 is 4.74 Å². The Kier molecular flexibility index (Phi) is 6.26. The van der Waals surface area contributed by atoms with Gasteiger partial charge in [0.15, 0.2) is 5.69 Å². The normalized spacial score (nSPS) is 11.6. The Morgan fingerprint density at radius 3 is 2.47 bits per heavy atom. The molecule has 0 saturated carbocycles. The van der Waals surface area contributed by atoms with E-state index in [1.807, 2.05) is 0 Å². The standard InChI is InChI=1S/C10H12ClF3N2O3/c1-17-2-3-18-4-5-19-8-6-7(10(12,13)14)15-9(11)16-8/h6H,2-5H2,1H3. The highest BCUT2D eigenvalue weighted by Crippen LogP contribution is 2.30. The van der Waals surface area contributed by atoms with Gasteiger partial charge in [0.1, 0.15) is 6.61 Å². The lowest BCUT2D eigenvalue weighted by molar-refractivity contribution is -0.141. The summed E-state index contributed by atoms with van der Waals surface area (Å²) in [6.07, 6.45) is -4.60. The van der Waals surface area contributed by atoms with Crippen LogP contribution in [0.3, 0.4) is 0 Å². The van der Waals surface area contributed by atoms with Crippen LogP contribution in [0.4, 0.5) is 13.2 Å². The van der Waals surface area contributed by atoms with E-state index in [0.29, 0.717) is 19.3 Å². The van der Waals surface area contributed by atoms with Gasteiger partial charge in [-0.15, -0.1) is 0 Å². The minimum Gasteiger partial charge on any atom is -0.475 e. The smallest absolute Gasteiger partial charge is 0.433 e. The summed E-state index contributed by atoms with van der Waals surface area (Å²) in [7, 11) is 1.53. The van der Waals surface area contributed by atoms with E-state index >= 15 is 0 Å². The number of ether oxygens (including phenoxy) is 3. The van der Waals surface area contributed by atoms with Crippen molar-refractivity contribution >= 4 is 11.6 Å². The molecule has 1 aromatic heterocycles. The zero-order valence-corrected chi connectivity index (χ0v) is 10.8. The molecule has 0 amide bonds. The average molecular weight is 301 g/mol. The Labute approximate surface area is 112 Å². The van der Waals surface area contributed by atoms with Crippen LogP contribution in [0.5, 0.6) is 5.88 Å². The van der Waals surface area contributed by atoms with Crippen molar-refractivity contribution in [2.24, 2.45) is 0 Å². The van der Waals surface area contributed by atoms with Crippen molar-refractivity contribution in [1.82, 2.24) is 9.97 Å². The van der Waals surface area contributed by atoms with Gasteiger partial charge in [-0.2, -0.15) is 18.2 Å². The molecule has 0 spiro atoms. The molecule has 0 aliphatic heterocycles. The lowest BCUT2D eigenvalue weighted by Gasteiger charge is -2.09. The lowest BCUT2D eigenvalue weighted by atomic mass is 10.4. The van der Waals surface area contributed by atoms with Crippen LogP contribution in [0, 0.1) is 0 Å². The van der Waals surface area contributed by atoms with Crippen LogP contribution in [-0.2, 0) is 15.7 Å². The number of alkyl halides is 3. The molecule has 0 aromatic carbocycles. The third kappa shape index (κ3) is 6.04. The summed E-state index contributed by atoms with van der Waals surface area (Å²) >= 11 is 5.39. The Morgan fingerprint density at radius 2 is 1.84 bits per heavy atom. The van der Waals surface area contributed by atoms with Crippen LogP contribution in [0.25, 0.3) is 0 Å². The number of rotatable bonds is 7. The number of hydrogen-bond acceptors (Lipinski definition) is 5. The largest absolute Gasteiger partial charge is 0.475 e. The van der Waals surface area contributed by atoms with Crippen molar-refractivity contribution < 1.29 is 27.4 Å². The van der Waals surface area contributed by atoms with E-state index in [1.165, 1.54) is 7.11 Å². The Balaban J connectivity index is 2.48. The molecule has 1 heterocycles. The van der Waals surface area contributed by atoms with Crippen LogP contribution in [0.1, 0.15) is 5.69 Å². The van der Waals surface area contributed by atoms with Gasteiger partial charge in [-0.3, -0.25) is 0 Å². The number of aromatic nitrogens is 2.